The summed E-state index contributed by atoms with van der Waals surface area (Å²) in [5.74, 6) is 0.851. The normalized spacial score (nSPS) is 12.7. The van der Waals surface area contributed by atoms with Crippen molar-refractivity contribution in [3.8, 4) is 0 Å². The first kappa shape index (κ1) is 10.8. The van der Waals surface area contributed by atoms with Crippen LogP contribution in [0.5, 0.6) is 0 Å². The number of aliphatic imine (C=N–C) groups is 1. The first-order valence-corrected chi connectivity index (χ1v) is 3.82. The summed E-state index contributed by atoms with van der Waals surface area (Å²) in [5.41, 5.74) is 1.10. The number of hydrogen-bond acceptors (Lipinski definition) is 3. The molecule has 0 atom stereocenters. The Kier molecular flexibility index (Phi) is 4.84. The molecular formula is C9H17N3. The van der Waals surface area contributed by atoms with E-state index in [1.165, 1.54) is 0 Å². The Morgan fingerprint density at radius 2 is 2.00 bits per heavy atom. The third-order valence-corrected chi connectivity index (χ3v) is 1.50. The largest absolute Gasteiger partial charge is 0.392 e. The van der Waals surface area contributed by atoms with Gasteiger partial charge in [0.2, 0.25) is 0 Å². The van der Waals surface area contributed by atoms with Crippen LogP contribution in [0.2, 0.25) is 0 Å². The van der Waals surface area contributed by atoms with Crippen LogP contribution in [-0.4, -0.2) is 32.8 Å². The van der Waals surface area contributed by atoms with Crippen LogP contribution in [0.15, 0.2) is 28.7 Å². The Morgan fingerprint density at radius 3 is 2.33 bits per heavy atom. The van der Waals surface area contributed by atoms with E-state index >= 15 is 0 Å². The van der Waals surface area contributed by atoms with Crippen LogP contribution in [-0.2, 0) is 0 Å². The van der Waals surface area contributed by atoms with Crippen molar-refractivity contribution in [2.45, 2.75) is 6.92 Å². The van der Waals surface area contributed by atoms with E-state index in [-0.39, 0.29) is 0 Å². The molecule has 68 valence electrons. The number of nitrogens with zero attached hydrogens (tertiary/aromatic N) is 2. The number of allylic oxidation sites excluding steroid dienone is 3. The van der Waals surface area contributed by atoms with Crippen molar-refractivity contribution >= 4 is 6.72 Å². The van der Waals surface area contributed by atoms with Crippen molar-refractivity contribution < 1.29 is 0 Å². The van der Waals surface area contributed by atoms with Crippen LogP contribution in [0.25, 0.3) is 0 Å². The molecule has 0 bridgehead atoms. The van der Waals surface area contributed by atoms with Gasteiger partial charge in [-0.25, -0.2) is 4.99 Å². The van der Waals surface area contributed by atoms with E-state index in [9.17, 15) is 0 Å². The summed E-state index contributed by atoms with van der Waals surface area (Å²) in [6.45, 7) is 5.47. The Balaban J connectivity index is 4.40. The van der Waals surface area contributed by atoms with E-state index < -0.39 is 0 Å². The van der Waals surface area contributed by atoms with Gasteiger partial charge in [-0.3, -0.25) is 0 Å². The number of nitrogens with one attached hydrogen (secondary N) is 1. The number of rotatable bonds is 4. The zero-order chi connectivity index (χ0) is 9.56. The lowest BCUT2D eigenvalue weighted by Gasteiger charge is -2.10. The molecule has 3 nitrogen and oxygen atoms in total. The van der Waals surface area contributed by atoms with E-state index in [0.29, 0.717) is 0 Å². The van der Waals surface area contributed by atoms with Gasteiger partial charge >= 0.3 is 0 Å². The third-order valence-electron chi connectivity index (χ3n) is 1.50. The van der Waals surface area contributed by atoms with Gasteiger partial charge in [0.25, 0.3) is 0 Å². The van der Waals surface area contributed by atoms with Crippen molar-refractivity contribution in [3.63, 3.8) is 0 Å². The van der Waals surface area contributed by atoms with Gasteiger partial charge in [0.1, 0.15) is 5.82 Å². The molecule has 0 unspecified atom stereocenters. The van der Waals surface area contributed by atoms with E-state index in [1.54, 1.807) is 0 Å². The van der Waals surface area contributed by atoms with Crippen molar-refractivity contribution in [2.75, 3.05) is 21.1 Å². The molecule has 0 saturated carbocycles. The minimum absolute atomic E-state index is 0.851. The highest BCUT2D eigenvalue weighted by Crippen LogP contribution is 1.99. The summed E-state index contributed by atoms with van der Waals surface area (Å²) in [6.07, 6.45) is 3.88. The highest BCUT2D eigenvalue weighted by atomic mass is 15.2. The highest BCUT2D eigenvalue weighted by Gasteiger charge is 1.91. The van der Waals surface area contributed by atoms with Crippen LogP contribution in [0.1, 0.15) is 6.92 Å². The van der Waals surface area contributed by atoms with Gasteiger partial charge in [0.05, 0.1) is 0 Å². The molecule has 12 heavy (non-hydrogen) atoms. The van der Waals surface area contributed by atoms with Gasteiger partial charge in [0.15, 0.2) is 0 Å². The third kappa shape index (κ3) is 3.81. The van der Waals surface area contributed by atoms with Gasteiger partial charge in [-0.15, -0.1) is 0 Å². The Bertz CT molecular complexity index is 202. The van der Waals surface area contributed by atoms with Crippen LogP contribution < -0.4 is 5.32 Å². The molecule has 0 aliphatic rings. The fourth-order valence-corrected chi connectivity index (χ4v) is 0.626. The van der Waals surface area contributed by atoms with Gasteiger partial charge < -0.3 is 10.2 Å². The molecule has 0 fully saturated rings. The molecule has 0 aromatic rings. The minimum Gasteiger partial charge on any atom is -0.392 e. The first-order valence-electron chi connectivity index (χ1n) is 3.82. The first-order chi connectivity index (χ1) is 5.61. The summed E-state index contributed by atoms with van der Waals surface area (Å²) in [5, 5.41) is 3.02. The molecule has 0 aliphatic heterocycles. The molecule has 0 heterocycles. The van der Waals surface area contributed by atoms with Crippen LogP contribution in [0, 0.1) is 0 Å². The molecular weight excluding hydrogens is 150 g/mol. The second-order valence-corrected chi connectivity index (χ2v) is 2.68. The smallest absolute Gasteiger partial charge is 0.127 e. The van der Waals surface area contributed by atoms with E-state index in [4.69, 9.17) is 0 Å². The topological polar surface area (TPSA) is 27.6 Å². The van der Waals surface area contributed by atoms with E-state index in [1.807, 2.05) is 45.1 Å². The standard InChI is InChI=1S/C9H17N3/c1-8(10-2)6-7-9(11-3)12(4)5/h6-7,10H,3H2,1-2,4-5H3/b8-6+,9-7+. The average molecular weight is 167 g/mol. The average Bonchev–Trinajstić information content (AvgIpc) is 2.04. The maximum Gasteiger partial charge on any atom is 0.127 e. The second-order valence-electron chi connectivity index (χ2n) is 2.68. The van der Waals surface area contributed by atoms with Crippen molar-refractivity contribution in [1.29, 1.82) is 0 Å². The molecule has 0 aromatic heterocycles. The second kappa shape index (κ2) is 5.41. The molecule has 0 rings (SSSR count). The molecule has 0 radical (unpaired) electrons. The number of hydrogen-bond donors (Lipinski definition) is 1. The predicted octanol–water partition coefficient (Wildman–Crippen LogP) is 1.21. The zero-order valence-corrected chi connectivity index (χ0v) is 8.26. The van der Waals surface area contributed by atoms with Crippen LogP contribution >= 0.6 is 0 Å². The lowest BCUT2D eigenvalue weighted by Crippen LogP contribution is -2.09. The van der Waals surface area contributed by atoms with Crippen molar-refractivity contribution in [1.82, 2.24) is 10.2 Å². The van der Waals surface area contributed by atoms with E-state index in [0.717, 1.165) is 11.5 Å². The maximum atomic E-state index is 3.86. The lowest BCUT2D eigenvalue weighted by molar-refractivity contribution is 0.508. The fourth-order valence-electron chi connectivity index (χ4n) is 0.626. The zero-order valence-electron chi connectivity index (χ0n) is 8.26. The summed E-state index contributed by atoms with van der Waals surface area (Å²) in [4.78, 5) is 5.77. The molecule has 0 amide bonds. The summed E-state index contributed by atoms with van der Waals surface area (Å²) in [7, 11) is 5.75. The van der Waals surface area contributed by atoms with E-state index in [2.05, 4.69) is 17.0 Å². The van der Waals surface area contributed by atoms with Crippen LogP contribution in [0.3, 0.4) is 0 Å². The van der Waals surface area contributed by atoms with Gasteiger partial charge in [-0.1, -0.05) is 0 Å². The van der Waals surface area contributed by atoms with Gasteiger partial charge in [-0.05, 0) is 25.8 Å². The molecule has 0 aliphatic carbocycles. The molecule has 0 saturated heterocycles. The van der Waals surface area contributed by atoms with Gasteiger partial charge in [0, 0.05) is 26.8 Å². The lowest BCUT2D eigenvalue weighted by atomic mass is 10.4. The maximum absolute atomic E-state index is 3.86. The SMILES string of the molecule is C=N/C(=C\C=C(/C)NC)N(C)C. The molecule has 3 heteroatoms. The predicted molar refractivity (Wildman–Crippen MR) is 54.1 cm³/mol. The van der Waals surface area contributed by atoms with Crippen LogP contribution in [0.4, 0.5) is 0 Å². The minimum atomic E-state index is 0.851. The summed E-state index contributed by atoms with van der Waals surface area (Å²) < 4.78 is 0. The quantitative estimate of drug-likeness (QED) is 0.503. The monoisotopic (exact) mass is 167 g/mol. The molecule has 0 aromatic carbocycles. The Morgan fingerprint density at radius 1 is 1.42 bits per heavy atom. The molecule has 1 N–H and O–H groups in total. The summed E-state index contributed by atoms with van der Waals surface area (Å²) in [6, 6.07) is 0. The Labute approximate surface area is 74.5 Å². The van der Waals surface area contributed by atoms with Crippen molar-refractivity contribution in [3.05, 3.63) is 23.7 Å². The van der Waals surface area contributed by atoms with Crippen molar-refractivity contribution in [2.24, 2.45) is 4.99 Å². The summed E-state index contributed by atoms with van der Waals surface area (Å²) >= 11 is 0. The van der Waals surface area contributed by atoms with Gasteiger partial charge in [-0.2, -0.15) is 0 Å². The Hall–Kier alpha value is -1.25. The fraction of sp³-hybridized carbons (Fsp3) is 0.444. The molecule has 0 spiro atoms. The highest BCUT2D eigenvalue weighted by molar-refractivity contribution is 5.29.